The van der Waals surface area contributed by atoms with Crippen molar-refractivity contribution in [1.82, 2.24) is 10.8 Å². The molecule has 0 rings (SSSR count). The molecular weight excluding hydrogens is 110 g/mol. The fourth-order valence-corrected chi connectivity index (χ4v) is 0.124. The van der Waals surface area contributed by atoms with Gasteiger partial charge in [0.1, 0.15) is 7.05 Å². The third-order valence-electron chi connectivity index (χ3n) is 0.597. The van der Waals surface area contributed by atoms with Crippen LogP contribution in [0.4, 0.5) is 0 Å². The Morgan fingerprint density at radius 3 is 1.88 bits per heavy atom. The molecular formula is CH12N7+. The van der Waals surface area contributed by atoms with Gasteiger partial charge in [0.2, 0.25) is 0 Å². The van der Waals surface area contributed by atoms with Crippen molar-refractivity contribution in [2.45, 2.75) is 0 Å². The summed E-state index contributed by atoms with van der Waals surface area (Å²) in [5.74, 6) is 20.2. The molecule has 50 valence electrons. The van der Waals surface area contributed by atoms with E-state index < -0.39 is 4.81 Å². The summed E-state index contributed by atoms with van der Waals surface area (Å²) in [6.07, 6.45) is 0. The van der Waals surface area contributed by atoms with Crippen LogP contribution in [0.5, 0.6) is 0 Å². The van der Waals surface area contributed by atoms with Gasteiger partial charge in [-0.2, -0.15) is 0 Å². The monoisotopic (exact) mass is 122 g/mol. The highest BCUT2D eigenvalue weighted by atomic mass is 16.1. The molecule has 0 radical (unpaired) electrons. The molecule has 0 aromatic rings. The average molecular weight is 122 g/mol. The van der Waals surface area contributed by atoms with Crippen LogP contribution in [0.2, 0.25) is 0 Å². The fourth-order valence-electron chi connectivity index (χ4n) is 0.124. The van der Waals surface area contributed by atoms with Crippen LogP contribution >= 0.6 is 0 Å². The highest BCUT2D eigenvalue weighted by Crippen LogP contribution is 1.74. The van der Waals surface area contributed by atoms with Gasteiger partial charge in [0.05, 0.1) is 0 Å². The molecule has 0 aliphatic heterocycles. The van der Waals surface area contributed by atoms with E-state index in [-0.39, 0.29) is 0 Å². The van der Waals surface area contributed by atoms with Gasteiger partial charge in [-0.3, -0.25) is 5.84 Å². The van der Waals surface area contributed by atoms with Gasteiger partial charge in [-0.15, -0.1) is 17.2 Å². The van der Waals surface area contributed by atoms with E-state index in [0.717, 1.165) is 5.23 Å². The molecule has 0 aliphatic carbocycles. The van der Waals surface area contributed by atoms with Gasteiger partial charge in [0, 0.05) is 5.23 Å². The van der Waals surface area contributed by atoms with Gasteiger partial charge < -0.3 is 0 Å². The summed E-state index contributed by atoms with van der Waals surface area (Å²) >= 11 is 0. The van der Waals surface area contributed by atoms with Crippen molar-refractivity contribution in [1.29, 1.82) is 0 Å². The van der Waals surface area contributed by atoms with Crippen LogP contribution in [0.1, 0.15) is 0 Å². The highest BCUT2D eigenvalue weighted by molar-refractivity contribution is 3.93. The molecule has 7 heteroatoms. The van der Waals surface area contributed by atoms with Crippen molar-refractivity contribution in [3.63, 3.8) is 0 Å². The van der Waals surface area contributed by atoms with E-state index in [1.807, 2.05) is 5.53 Å². The number of hydrogen-bond acceptors (Lipinski definition) is 6. The molecule has 0 amide bonds. The molecule has 0 spiro atoms. The van der Waals surface area contributed by atoms with Crippen LogP contribution in [-0.2, 0) is 0 Å². The maximum atomic E-state index is 5.16. The normalized spacial score (nSPS) is 12.8. The van der Waals surface area contributed by atoms with Crippen LogP contribution < -0.4 is 28.9 Å². The summed E-state index contributed by atoms with van der Waals surface area (Å²) in [7, 11) is 1.44. The average Bonchev–Trinajstić information content (AvgIpc) is 1.62. The molecule has 7 nitrogen and oxygen atoms in total. The Hall–Kier alpha value is -0.280. The van der Waals surface area contributed by atoms with Gasteiger partial charge in [-0.05, 0) is 0 Å². The lowest BCUT2D eigenvalue weighted by molar-refractivity contribution is -1.05. The highest BCUT2D eigenvalue weighted by Gasteiger charge is 2.16. The Morgan fingerprint density at radius 1 is 1.50 bits per heavy atom. The summed E-state index contributed by atoms with van der Waals surface area (Å²) in [4.78, 5) is -0.545. The Kier molecular flexibility index (Phi) is 2.25. The second-order valence-electron chi connectivity index (χ2n) is 1.57. The standard InChI is InChI=1S/CH12N7/c1-8(4,5)7(3)6-2/h6H,2-5H2,1H3/q+1. The zero-order valence-corrected chi connectivity index (χ0v) is 4.70. The van der Waals surface area contributed by atoms with E-state index in [4.69, 9.17) is 23.4 Å². The number of nitrogens with zero attached hydrogens (tertiary/aromatic N) is 2. The van der Waals surface area contributed by atoms with Crippen LogP contribution in [0.15, 0.2) is 0 Å². The van der Waals surface area contributed by atoms with Crippen molar-refractivity contribution in [3.05, 3.63) is 0 Å². The number of nitrogens with two attached hydrogens (primary N) is 4. The third-order valence-corrected chi connectivity index (χ3v) is 0.597. The quantitative estimate of drug-likeness (QED) is 0.148. The molecule has 8 heavy (non-hydrogen) atoms. The minimum atomic E-state index is -0.545. The number of hydrogen-bond donors (Lipinski definition) is 5. The first-order chi connectivity index (χ1) is 3.48. The minimum Gasteiger partial charge on any atom is -0.252 e. The van der Waals surface area contributed by atoms with Gasteiger partial charge in [0.25, 0.3) is 0 Å². The maximum absolute atomic E-state index is 5.16. The first-order valence-electron chi connectivity index (χ1n) is 1.93. The zero-order valence-electron chi connectivity index (χ0n) is 4.70. The molecule has 0 aliphatic rings. The van der Waals surface area contributed by atoms with E-state index in [9.17, 15) is 0 Å². The minimum absolute atomic E-state index is 0.545. The molecule has 0 aromatic carbocycles. The molecule has 0 atom stereocenters. The third kappa shape index (κ3) is 2.14. The molecule has 0 saturated carbocycles. The maximum Gasteiger partial charge on any atom is 0.127 e. The second kappa shape index (κ2) is 2.33. The van der Waals surface area contributed by atoms with Gasteiger partial charge in [-0.1, -0.05) is 4.81 Å². The van der Waals surface area contributed by atoms with Crippen molar-refractivity contribution in [3.8, 4) is 0 Å². The first kappa shape index (κ1) is 7.72. The zero-order chi connectivity index (χ0) is 6.78. The molecule has 0 bridgehead atoms. The topological polar surface area (TPSA) is 119 Å². The van der Waals surface area contributed by atoms with Gasteiger partial charge >= 0.3 is 0 Å². The van der Waals surface area contributed by atoms with Crippen molar-refractivity contribution in [2.24, 2.45) is 23.4 Å². The SMILES string of the molecule is C[N+](N)(N)N(N)NN. The molecule has 0 unspecified atom stereocenters. The van der Waals surface area contributed by atoms with E-state index in [1.165, 1.54) is 7.05 Å². The lowest BCUT2D eigenvalue weighted by Crippen LogP contribution is -2.75. The first-order valence-corrected chi connectivity index (χ1v) is 1.93. The fraction of sp³-hybridized carbons (Fsp3) is 1.00. The Bertz CT molecular complexity index is 61.3. The molecule has 0 heterocycles. The van der Waals surface area contributed by atoms with E-state index in [0.29, 0.717) is 0 Å². The predicted molar refractivity (Wildman–Crippen MR) is 27.9 cm³/mol. The Balaban J connectivity index is 3.62. The van der Waals surface area contributed by atoms with Crippen molar-refractivity contribution in [2.75, 3.05) is 7.05 Å². The van der Waals surface area contributed by atoms with Crippen molar-refractivity contribution >= 4 is 0 Å². The number of hydrazine groups is 3. The summed E-state index contributed by atoms with van der Waals surface area (Å²) < 4.78 is 0. The van der Waals surface area contributed by atoms with E-state index >= 15 is 0 Å². The predicted octanol–water partition coefficient (Wildman–Crippen LogP) is -3.35. The Morgan fingerprint density at radius 2 is 1.88 bits per heavy atom. The van der Waals surface area contributed by atoms with Gasteiger partial charge in [-0.25, -0.2) is 5.84 Å². The van der Waals surface area contributed by atoms with E-state index in [1.54, 1.807) is 0 Å². The van der Waals surface area contributed by atoms with Crippen LogP contribution in [0.3, 0.4) is 0 Å². The van der Waals surface area contributed by atoms with Crippen molar-refractivity contribution < 1.29 is 4.81 Å². The van der Waals surface area contributed by atoms with E-state index in [2.05, 4.69) is 0 Å². The van der Waals surface area contributed by atoms with Crippen LogP contribution in [0.25, 0.3) is 0 Å². The molecule has 9 N–H and O–H groups in total. The largest absolute Gasteiger partial charge is 0.252 e. The van der Waals surface area contributed by atoms with Gasteiger partial charge in [0.15, 0.2) is 0 Å². The molecule has 0 saturated heterocycles. The number of quaternary nitrogens is 1. The lowest BCUT2D eigenvalue weighted by atomic mass is 11.3. The summed E-state index contributed by atoms with van der Waals surface area (Å²) in [6.45, 7) is 0. The summed E-state index contributed by atoms with van der Waals surface area (Å²) in [5, 5.41) is 0.833. The molecule has 0 fully saturated rings. The number of rotatable bonds is 2. The molecule has 0 aromatic heterocycles. The summed E-state index contributed by atoms with van der Waals surface area (Å²) in [6, 6.07) is 0. The second-order valence-corrected chi connectivity index (χ2v) is 1.57. The lowest BCUT2D eigenvalue weighted by Gasteiger charge is -2.26. The summed E-state index contributed by atoms with van der Waals surface area (Å²) in [5.41, 5.74) is 2.04. The smallest absolute Gasteiger partial charge is 0.127 e. The number of nitrogens with one attached hydrogen (secondary N) is 1. The van der Waals surface area contributed by atoms with Crippen LogP contribution in [-0.4, -0.2) is 17.1 Å². The Labute approximate surface area is 47.2 Å². The van der Waals surface area contributed by atoms with Crippen LogP contribution in [0, 0.1) is 0 Å².